The zero-order valence-corrected chi connectivity index (χ0v) is 10.2. The smallest absolute Gasteiger partial charge is 0.308 e. The van der Waals surface area contributed by atoms with Crippen molar-refractivity contribution in [1.82, 2.24) is 4.57 Å². The molecule has 1 aromatic carbocycles. The van der Waals surface area contributed by atoms with Crippen LogP contribution in [0.3, 0.4) is 0 Å². The summed E-state index contributed by atoms with van der Waals surface area (Å²) in [6, 6.07) is 10.6. The van der Waals surface area contributed by atoms with Crippen LogP contribution in [0.2, 0.25) is 0 Å². The lowest BCUT2D eigenvalue weighted by molar-refractivity contribution is -0.131. The van der Waals surface area contributed by atoms with Gasteiger partial charge >= 0.3 is 5.97 Å². The van der Waals surface area contributed by atoms with Crippen LogP contribution in [0.25, 0.3) is 0 Å². The van der Waals surface area contributed by atoms with E-state index in [4.69, 9.17) is 4.74 Å². The molecule has 2 aromatic rings. The van der Waals surface area contributed by atoms with Gasteiger partial charge in [-0.2, -0.15) is 0 Å². The number of nitrogens with zero attached hydrogens (tertiary/aromatic N) is 1. The summed E-state index contributed by atoms with van der Waals surface area (Å²) in [5.74, 6) is -0.138. The van der Waals surface area contributed by atoms with E-state index in [1.54, 1.807) is 43.5 Å². The molecular formula is C14H13NO3. The van der Waals surface area contributed by atoms with E-state index < -0.39 is 5.97 Å². The van der Waals surface area contributed by atoms with Crippen LogP contribution in [-0.2, 0) is 4.79 Å². The number of aromatic nitrogens is 1. The molecular weight excluding hydrogens is 230 g/mol. The van der Waals surface area contributed by atoms with Gasteiger partial charge in [0.25, 0.3) is 5.91 Å². The van der Waals surface area contributed by atoms with Gasteiger partial charge in [0.05, 0.1) is 5.69 Å². The third-order valence-electron chi connectivity index (χ3n) is 2.59. The highest BCUT2D eigenvalue weighted by Gasteiger charge is 2.14. The van der Waals surface area contributed by atoms with Crippen LogP contribution in [0.1, 0.15) is 23.0 Å². The molecule has 1 aromatic heterocycles. The number of benzene rings is 1. The number of ether oxygens (including phenoxy) is 1. The Morgan fingerprint density at radius 3 is 2.39 bits per heavy atom. The Kier molecular flexibility index (Phi) is 3.28. The molecule has 0 saturated carbocycles. The van der Waals surface area contributed by atoms with Crippen molar-refractivity contribution in [3.8, 4) is 5.75 Å². The highest BCUT2D eigenvalue weighted by molar-refractivity contribution is 5.96. The fourth-order valence-corrected chi connectivity index (χ4v) is 1.70. The number of rotatable bonds is 2. The molecule has 92 valence electrons. The van der Waals surface area contributed by atoms with Crippen LogP contribution in [0.15, 0.2) is 42.6 Å². The molecule has 18 heavy (non-hydrogen) atoms. The molecule has 2 rings (SSSR count). The zero-order chi connectivity index (χ0) is 13.1. The van der Waals surface area contributed by atoms with Crippen molar-refractivity contribution >= 4 is 11.9 Å². The fraction of sp³-hybridized carbons (Fsp3) is 0.143. The molecule has 4 nitrogen and oxygen atoms in total. The first-order valence-electron chi connectivity index (χ1n) is 5.55. The van der Waals surface area contributed by atoms with Crippen molar-refractivity contribution in [3.05, 3.63) is 53.9 Å². The van der Waals surface area contributed by atoms with Gasteiger partial charge in [0.1, 0.15) is 0 Å². The lowest BCUT2D eigenvalue weighted by atomic mass is 10.2. The highest BCUT2D eigenvalue weighted by atomic mass is 16.5. The standard InChI is InChI=1S/C14H13NO3/c1-10-13(18-11(2)16)8-9-15(10)14(17)12-6-4-3-5-7-12/h3-9H,1-2H3. The zero-order valence-electron chi connectivity index (χ0n) is 10.2. The maximum absolute atomic E-state index is 12.2. The number of carbonyl (C=O) groups is 2. The molecule has 0 saturated heterocycles. The topological polar surface area (TPSA) is 48.3 Å². The van der Waals surface area contributed by atoms with E-state index in [9.17, 15) is 9.59 Å². The summed E-state index contributed by atoms with van der Waals surface area (Å²) in [7, 11) is 0. The van der Waals surface area contributed by atoms with Crippen molar-refractivity contribution in [2.75, 3.05) is 0 Å². The Labute approximate surface area is 105 Å². The summed E-state index contributed by atoms with van der Waals surface area (Å²) in [5.41, 5.74) is 1.20. The third kappa shape index (κ3) is 2.32. The van der Waals surface area contributed by atoms with Gasteiger partial charge < -0.3 is 4.74 Å². The first-order valence-corrected chi connectivity index (χ1v) is 5.55. The largest absolute Gasteiger partial charge is 0.425 e. The molecule has 0 fully saturated rings. The van der Waals surface area contributed by atoms with Crippen molar-refractivity contribution in [3.63, 3.8) is 0 Å². The normalized spacial score (nSPS) is 10.1. The molecule has 0 radical (unpaired) electrons. The quantitative estimate of drug-likeness (QED) is 0.761. The summed E-state index contributed by atoms with van der Waals surface area (Å²) in [6.45, 7) is 3.06. The van der Waals surface area contributed by atoms with E-state index in [1.807, 2.05) is 6.07 Å². The lowest BCUT2D eigenvalue weighted by Gasteiger charge is -2.05. The molecule has 0 aliphatic carbocycles. The minimum absolute atomic E-state index is 0.147. The van der Waals surface area contributed by atoms with Gasteiger partial charge in [-0.05, 0) is 25.1 Å². The second kappa shape index (κ2) is 4.87. The van der Waals surface area contributed by atoms with E-state index in [0.29, 0.717) is 17.0 Å². The van der Waals surface area contributed by atoms with Crippen LogP contribution in [0.4, 0.5) is 0 Å². The third-order valence-corrected chi connectivity index (χ3v) is 2.59. The van der Waals surface area contributed by atoms with Crippen molar-refractivity contribution in [2.45, 2.75) is 13.8 Å². The van der Waals surface area contributed by atoms with Crippen molar-refractivity contribution in [1.29, 1.82) is 0 Å². The molecule has 0 atom stereocenters. The van der Waals surface area contributed by atoms with Gasteiger partial charge in [-0.15, -0.1) is 0 Å². The number of carbonyl (C=O) groups excluding carboxylic acids is 2. The van der Waals surface area contributed by atoms with Gasteiger partial charge in [0.2, 0.25) is 0 Å². The van der Waals surface area contributed by atoms with Gasteiger partial charge in [0, 0.05) is 18.7 Å². The van der Waals surface area contributed by atoms with Gasteiger partial charge in [-0.3, -0.25) is 14.2 Å². The van der Waals surface area contributed by atoms with Gasteiger partial charge in [-0.1, -0.05) is 18.2 Å². The average molecular weight is 243 g/mol. The SMILES string of the molecule is CC(=O)Oc1ccn(C(=O)c2ccccc2)c1C. The lowest BCUT2D eigenvalue weighted by Crippen LogP contribution is -2.12. The molecule has 0 amide bonds. The fourth-order valence-electron chi connectivity index (χ4n) is 1.70. The monoisotopic (exact) mass is 243 g/mol. The van der Waals surface area contributed by atoms with Gasteiger partial charge in [0.15, 0.2) is 5.75 Å². The summed E-state index contributed by atoms with van der Waals surface area (Å²) in [4.78, 5) is 23.1. The van der Waals surface area contributed by atoms with Crippen molar-refractivity contribution in [2.24, 2.45) is 0 Å². The molecule has 0 bridgehead atoms. The Morgan fingerprint density at radius 1 is 1.11 bits per heavy atom. The predicted octanol–water partition coefficient (Wildman–Crippen LogP) is 2.41. The Hall–Kier alpha value is -2.36. The minimum Gasteiger partial charge on any atom is -0.425 e. The van der Waals surface area contributed by atoms with Crippen LogP contribution < -0.4 is 4.74 Å². The van der Waals surface area contributed by atoms with E-state index in [2.05, 4.69) is 0 Å². The second-order valence-corrected chi connectivity index (χ2v) is 3.90. The molecule has 0 spiro atoms. The second-order valence-electron chi connectivity index (χ2n) is 3.90. The highest BCUT2D eigenvalue weighted by Crippen LogP contribution is 2.20. The van der Waals surface area contributed by atoms with E-state index in [0.717, 1.165) is 0 Å². The summed E-state index contributed by atoms with van der Waals surface area (Å²) in [5, 5.41) is 0. The van der Waals surface area contributed by atoms with Crippen LogP contribution in [0, 0.1) is 6.92 Å². The summed E-state index contributed by atoms with van der Waals surface area (Å²) in [6.07, 6.45) is 1.60. The Morgan fingerprint density at radius 2 is 1.78 bits per heavy atom. The molecule has 0 aliphatic heterocycles. The minimum atomic E-state index is -0.400. The molecule has 0 unspecified atom stereocenters. The van der Waals surface area contributed by atoms with Crippen LogP contribution >= 0.6 is 0 Å². The molecule has 0 aliphatic rings. The van der Waals surface area contributed by atoms with Gasteiger partial charge in [-0.25, -0.2) is 0 Å². The maximum Gasteiger partial charge on any atom is 0.308 e. The molecule has 1 heterocycles. The van der Waals surface area contributed by atoms with E-state index in [1.165, 1.54) is 11.5 Å². The van der Waals surface area contributed by atoms with Crippen molar-refractivity contribution < 1.29 is 14.3 Å². The van der Waals surface area contributed by atoms with E-state index >= 15 is 0 Å². The predicted molar refractivity (Wildman–Crippen MR) is 66.6 cm³/mol. The molecule has 4 heteroatoms. The average Bonchev–Trinajstić information content (AvgIpc) is 2.71. The summed E-state index contributed by atoms with van der Waals surface area (Å²) >= 11 is 0. The first kappa shape index (κ1) is 12.1. The number of hydrogen-bond acceptors (Lipinski definition) is 3. The van der Waals surface area contributed by atoms with Crippen LogP contribution in [0.5, 0.6) is 5.75 Å². The van der Waals surface area contributed by atoms with E-state index in [-0.39, 0.29) is 5.91 Å². The Bertz CT molecular complexity index is 584. The summed E-state index contributed by atoms with van der Waals surface area (Å²) < 4.78 is 6.47. The van der Waals surface area contributed by atoms with Crippen LogP contribution in [-0.4, -0.2) is 16.4 Å². The number of hydrogen-bond donors (Lipinski definition) is 0. The Balaban J connectivity index is 2.32. The number of esters is 1. The maximum atomic E-state index is 12.2. The molecule has 0 N–H and O–H groups in total. The first-order chi connectivity index (χ1) is 8.59.